The van der Waals surface area contributed by atoms with Crippen LogP contribution in [-0.4, -0.2) is 21.3 Å². The molecule has 0 aliphatic rings. The summed E-state index contributed by atoms with van der Waals surface area (Å²) in [6.45, 7) is 3.43. The van der Waals surface area contributed by atoms with Gasteiger partial charge in [-0.05, 0) is 0 Å². The molecule has 0 radical (unpaired) electrons. The van der Waals surface area contributed by atoms with E-state index in [0.717, 1.165) is 0 Å². The fraction of sp³-hybridized carbons (Fsp3) is 0.167. The van der Waals surface area contributed by atoms with Crippen LogP contribution in [0.2, 0.25) is 0 Å². The van der Waals surface area contributed by atoms with Crippen molar-refractivity contribution in [3.05, 3.63) is 24.4 Å². The number of carboxylic acids is 1. The van der Waals surface area contributed by atoms with E-state index in [1.54, 1.807) is 6.08 Å². The molecular formula is C6H6N2O3. The van der Waals surface area contributed by atoms with Gasteiger partial charge >= 0.3 is 11.9 Å². The van der Waals surface area contributed by atoms with Crippen molar-refractivity contribution in [3.63, 3.8) is 0 Å². The molecule has 0 unspecified atom stereocenters. The van der Waals surface area contributed by atoms with Crippen LogP contribution in [0.3, 0.4) is 0 Å². The van der Waals surface area contributed by atoms with Crippen molar-refractivity contribution in [2.24, 2.45) is 0 Å². The molecule has 1 aromatic heterocycles. The van der Waals surface area contributed by atoms with Crippen LogP contribution in [0.5, 0.6) is 0 Å². The van der Waals surface area contributed by atoms with Crippen LogP contribution >= 0.6 is 0 Å². The maximum Gasteiger partial charge on any atom is 0.393 e. The Morgan fingerprint density at radius 3 is 2.91 bits per heavy atom. The van der Waals surface area contributed by atoms with Crippen molar-refractivity contribution in [2.45, 2.75) is 6.42 Å². The normalized spacial score (nSPS) is 9.45. The summed E-state index contributed by atoms with van der Waals surface area (Å²) < 4.78 is 4.69. The smallest absolute Gasteiger partial charge is 0.393 e. The lowest BCUT2D eigenvalue weighted by Gasteiger charge is -1.81. The number of nitrogens with zero attached hydrogens (tertiary/aromatic N) is 2. The molecular weight excluding hydrogens is 148 g/mol. The van der Waals surface area contributed by atoms with E-state index in [4.69, 9.17) is 9.52 Å². The summed E-state index contributed by atoms with van der Waals surface area (Å²) in [6, 6.07) is 0. The molecule has 0 spiro atoms. The van der Waals surface area contributed by atoms with Crippen molar-refractivity contribution in [3.8, 4) is 0 Å². The summed E-state index contributed by atoms with van der Waals surface area (Å²) in [7, 11) is 0. The molecule has 0 saturated heterocycles. The first-order valence-electron chi connectivity index (χ1n) is 2.90. The lowest BCUT2D eigenvalue weighted by molar-refractivity contribution is 0.0652. The highest BCUT2D eigenvalue weighted by Crippen LogP contribution is 1.99. The summed E-state index contributed by atoms with van der Waals surface area (Å²) >= 11 is 0. The highest BCUT2D eigenvalue weighted by molar-refractivity contribution is 5.81. The highest BCUT2D eigenvalue weighted by Gasteiger charge is 2.11. The molecule has 5 nitrogen and oxygen atoms in total. The highest BCUT2D eigenvalue weighted by atomic mass is 16.4. The van der Waals surface area contributed by atoms with E-state index in [2.05, 4.69) is 16.8 Å². The van der Waals surface area contributed by atoms with E-state index >= 15 is 0 Å². The van der Waals surface area contributed by atoms with Gasteiger partial charge in [-0.3, -0.25) is 0 Å². The lowest BCUT2D eigenvalue weighted by atomic mass is 10.4. The third-order valence-electron chi connectivity index (χ3n) is 0.969. The van der Waals surface area contributed by atoms with E-state index < -0.39 is 5.97 Å². The fourth-order valence-electron chi connectivity index (χ4n) is 0.546. The number of allylic oxidation sites excluding steroid dienone is 1. The van der Waals surface area contributed by atoms with Crippen LogP contribution in [0.4, 0.5) is 0 Å². The first-order chi connectivity index (χ1) is 5.24. The van der Waals surface area contributed by atoms with Crippen molar-refractivity contribution in [1.29, 1.82) is 0 Å². The van der Waals surface area contributed by atoms with E-state index in [-0.39, 0.29) is 11.8 Å². The second-order valence-electron chi connectivity index (χ2n) is 1.80. The average molecular weight is 154 g/mol. The van der Waals surface area contributed by atoms with E-state index in [0.29, 0.717) is 6.42 Å². The molecule has 0 amide bonds. The molecule has 0 bridgehead atoms. The molecule has 58 valence electrons. The monoisotopic (exact) mass is 154 g/mol. The minimum Gasteiger partial charge on any atom is -0.474 e. The topological polar surface area (TPSA) is 76.2 Å². The van der Waals surface area contributed by atoms with Gasteiger partial charge in [-0.1, -0.05) is 6.08 Å². The quantitative estimate of drug-likeness (QED) is 0.641. The van der Waals surface area contributed by atoms with Crippen LogP contribution in [0.15, 0.2) is 17.1 Å². The van der Waals surface area contributed by atoms with Gasteiger partial charge in [0.05, 0.1) is 0 Å². The molecule has 0 aromatic carbocycles. The van der Waals surface area contributed by atoms with Crippen molar-refractivity contribution < 1.29 is 14.3 Å². The number of aromatic carboxylic acids is 1. The average Bonchev–Trinajstić information content (AvgIpc) is 2.37. The van der Waals surface area contributed by atoms with Gasteiger partial charge in [0.15, 0.2) is 0 Å². The van der Waals surface area contributed by atoms with Crippen LogP contribution in [0, 0.1) is 0 Å². The largest absolute Gasteiger partial charge is 0.474 e. The Balaban J connectivity index is 2.81. The van der Waals surface area contributed by atoms with Gasteiger partial charge in [0.25, 0.3) is 0 Å². The third-order valence-corrected chi connectivity index (χ3v) is 0.969. The number of rotatable bonds is 3. The molecule has 0 aliphatic carbocycles. The predicted molar refractivity (Wildman–Crippen MR) is 35.2 cm³/mol. The maximum atomic E-state index is 10.2. The van der Waals surface area contributed by atoms with E-state index in [1.807, 2.05) is 0 Å². The Morgan fingerprint density at radius 2 is 2.45 bits per heavy atom. The van der Waals surface area contributed by atoms with Gasteiger partial charge in [0.2, 0.25) is 5.89 Å². The zero-order valence-electron chi connectivity index (χ0n) is 5.65. The second-order valence-corrected chi connectivity index (χ2v) is 1.80. The second kappa shape index (κ2) is 2.96. The Kier molecular flexibility index (Phi) is 2.00. The molecule has 0 aliphatic heterocycles. The molecule has 0 saturated carbocycles. The zero-order valence-corrected chi connectivity index (χ0v) is 5.65. The minimum absolute atomic E-state index is 0.261. The SMILES string of the molecule is C=CCc1nnc(C(=O)O)o1. The maximum absolute atomic E-state index is 10.2. The molecule has 1 N–H and O–H groups in total. The van der Waals surface area contributed by atoms with Gasteiger partial charge in [-0.15, -0.1) is 16.8 Å². The fourth-order valence-corrected chi connectivity index (χ4v) is 0.546. The van der Waals surface area contributed by atoms with Gasteiger partial charge < -0.3 is 9.52 Å². The van der Waals surface area contributed by atoms with Crippen LogP contribution in [-0.2, 0) is 6.42 Å². The van der Waals surface area contributed by atoms with Gasteiger partial charge in [-0.25, -0.2) is 4.79 Å². The molecule has 5 heteroatoms. The first kappa shape index (κ1) is 7.46. The van der Waals surface area contributed by atoms with Gasteiger partial charge in [-0.2, -0.15) is 0 Å². The molecule has 1 rings (SSSR count). The predicted octanol–water partition coefficient (Wildman–Crippen LogP) is 0.496. The summed E-state index contributed by atoms with van der Waals surface area (Å²) in [5.74, 6) is -1.34. The van der Waals surface area contributed by atoms with Gasteiger partial charge in [0.1, 0.15) is 0 Å². The molecule has 1 aromatic rings. The summed E-state index contributed by atoms with van der Waals surface area (Å²) in [4.78, 5) is 10.2. The Labute approximate surface area is 62.4 Å². The van der Waals surface area contributed by atoms with Crippen LogP contribution in [0.1, 0.15) is 16.6 Å². The van der Waals surface area contributed by atoms with Crippen molar-refractivity contribution in [2.75, 3.05) is 0 Å². The first-order valence-corrected chi connectivity index (χ1v) is 2.90. The Bertz CT molecular complexity index is 279. The Morgan fingerprint density at radius 1 is 1.73 bits per heavy atom. The molecule has 11 heavy (non-hydrogen) atoms. The number of aromatic nitrogens is 2. The Hall–Kier alpha value is -1.65. The number of carboxylic acid groups (broad SMARTS) is 1. The van der Waals surface area contributed by atoms with Crippen LogP contribution in [0.25, 0.3) is 0 Å². The molecule has 0 atom stereocenters. The standard InChI is InChI=1S/C6H6N2O3/c1-2-3-4-7-8-5(11-4)6(9)10/h2H,1,3H2,(H,9,10). The van der Waals surface area contributed by atoms with E-state index in [1.165, 1.54) is 0 Å². The number of hydrogen-bond donors (Lipinski definition) is 1. The van der Waals surface area contributed by atoms with E-state index in [9.17, 15) is 4.79 Å². The third kappa shape index (κ3) is 1.64. The van der Waals surface area contributed by atoms with Gasteiger partial charge in [0, 0.05) is 6.42 Å². The number of carbonyl (C=O) groups is 1. The molecule has 0 fully saturated rings. The van der Waals surface area contributed by atoms with Crippen LogP contribution < -0.4 is 0 Å². The number of hydrogen-bond acceptors (Lipinski definition) is 4. The van der Waals surface area contributed by atoms with Crippen molar-refractivity contribution in [1.82, 2.24) is 10.2 Å². The summed E-state index contributed by atoms with van der Waals surface area (Å²) in [5, 5.41) is 15.1. The minimum atomic E-state index is -1.21. The lowest BCUT2D eigenvalue weighted by Crippen LogP contribution is -1.95. The zero-order chi connectivity index (χ0) is 8.27. The van der Waals surface area contributed by atoms with Crippen molar-refractivity contribution >= 4 is 5.97 Å². The molecule has 1 heterocycles. The summed E-state index contributed by atoms with van der Waals surface area (Å²) in [6.07, 6.45) is 1.94. The summed E-state index contributed by atoms with van der Waals surface area (Å²) in [5.41, 5.74) is 0.